The van der Waals surface area contributed by atoms with E-state index >= 15 is 0 Å². The maximum atomic E-state index is 12.7. The van der Waals surface area contributed by atoms with Gasteiger partial charge < -0.3 is 15.0 Å². The standard InChI is InChI=1S/C20H29N3O2/c1-21-16-8-10-17(11-9-16)25-20(24)23-14-15(12-13-22(2)3)18-6-4-5-7-19(18)23/h4-7,14,16-17,21H,8-13H2,1-3H3. The van der Waals surface area contributed by atoms with Gasteiger partial charge in [-0.2, -0.15) is 0 Å². The van der Waals surface area contributed by atoms with Crippen LogP contribution in [0, 0.1) is 0 Å². The molecule has 1 aromatic heterocycles. The number of likely N-dealkylation sites (N-methyl/N-ethyl adjacent to an activating group) is 1. The Hall–Kier alpha value is -1.85. The van der Waals surface area contributed by atoms with Crippen molar-refractivity contribution in [3.8, 4) is 0 Å². The van der Waals surface area contributed by atoms with Gasteiger partial charge >= 0.3 is 6.09 Å². The Labute approximate surface area is 149 Å². The molecular weight excluding hydrogens is 314 g/mol. The zero-order chi connectivity index (χ0) is 17.8. The second-order valence-electron chi connectivity index (χ2n) is 7.24. The molecule has 3 rings (SSSR count). The van der Waals surface area contributed by atoms with Gasteiger partial charge in [0.05, 0.1) is 5.52 Å². The summed E-state index contributed by atoms with van der Waals surface area (Å²) in [6, 6.07) is 8.63. The number of benzene rings is 1. The predicted molar refractivity (Wildman–Crippen MR) is 101 cm³/mol. The summed E-state index contributed by atoms with van der Waals surface area (Å²) in [5.74, 6) is 0. The maximum Gasteiger partial charge on any atom is 0.418 e. The third-order valence-corrected chi connectivity index (χ3v) is 5.17. The number of ether oxygens (including phenoxy) is 1. The van der Waals surface area contributed by atoms with Crippen molar-refractivity contribution in [2.24, 2.45) is 0 Å². The lowest BCUT2D eigenvalue weighted by molar-refractivity contribution is 0.0712. The van der Waals surface area contributed by atoms with Gasteiger partial charge in [0.1, 0.15) is 6.10 Å². The monoisotopic (exact) mass is 343 g/mol. The fraction of sp³-hybridized carbons (Fsp3) is 0.550. The summed E-state index contributed by atoms with van der Waals surface area (Å²) in [5.41, 5.74) is 2.13. The first-order chi connectivity index (χ1) is 12.1. The van der Waals surface area contributed by atoms with Gasteiger partial charge in [-0.05, 0) is 64.9 Å². The van der Waals surface area contributed by atoms with Crippen LogP contribution in [0.3, 0.4) is 0 Å². The van der Waals surface area contributed by atoms with E-state index in [2.05, 4.69) is 30.4 Å². The van der Waals surface area contributed by atoms with Crippen molar-refractivity contribution < 1.29 is 9.53 Å². The number of hydrogen-bond donors (Lipinski definition) is 1. The van der Waals surface area contributed by atoms with Crippen LogP contribution in [0.2, 0.25) is 0 Å². The first-order valence-corrected chi connectivity index (χ1v) is 9.20. The molecule has 1 aliphatic rings. The van der Waals surface area contributed by atoms with Crippen LogP contribution in [-0.4, -0.2) is 55.4 Å². The molecule has 25 heavy (non-hydrogen) atoms. The van der Waals surface area contributed by atoms with E-state index < -0.39 is 0 Å². The number of nitrogens with zero attached hydrogens (tertiary/aromatic N) is 2. The van der Waals surface area contributed by atoms with Crippen molar-refractivity contribution in [3.05, 3.63) is 36.0 Å². The van der Waals surface area contributed by atoms with Crippen LogP contribution < -0.4 is 5.32 Å². The molecule has 136 valence electrons. The van der Waals surface area contributed by atoms with E-state index in [1.165, 1.54) is 5.56 Å². The molecule has 0 bridgehead atoms. The molecule has 0 spiro atoms. The molecule has 1 aromatic carbocycles. The average Bonchev–Trinajstić information content (AvgIpc) is 2.99. The largest absolute Gasteiger partial charge is 0.446 e. The molecule has 0 radical (unpaired) electrons. The molecular formula is C20H29N3O2. The Morgan fingerprint density at radius 3 is 2.64 bits per heavy atom. The summed E-state index contributed by atoms with van der Waals surface area (Å²) in [6.45, 7) is 0.955. The van der Waals surface area contributed by atoms with E-state index in [4.69, 9.17) is 4.74 Å². The molecule has 0 unspecified atom stereocenters. The minimum atomic E-state index is -0.250. The Kier molecular flexibility index (Phi) is 5.76. The van der Waals surface area contributed by atoms with E-state index in [1.54, 1.807) is 4.57 Å². The highest BCUT2D eigenvalue weighted by atomic mass is 16.6. The Morgan fingerprint density at radius 1 is 1.24 bits per heavy atom. The molecule has 1 aliphatic carbocycles. The topological polar surface area (TPSA) is 46.5 Å². The van der Waals surface area contributed by atoms with E-state index in [0.717, 1.165) is 49.6 Å². The molecule has 0 saturated heterocycles. The van der Waals surface area contributed by atoms with Crippen molar-refractivity contribution >= 4 is 17.0 Å². The number of carbonyl (C=O) groups excluding carboxylic acids is 1. The first kappa shape index (κ1) is 18.0. The van der Waals surface area contributed by atoms with Crippen LogP contribution in [0.25, 0.3) is 10.9 Å². The van der Waals surface area contributed by atoms with Gasteiger partial charge in [0.2, 0.25) is 0 Å². The van der Waals surface area contributed by atoms with Crippen LogP contribution in [0.5, 0.6) is 0 Å². The third-order valence-electron chi connectivity index (χ3n) is 5.17. The lowest BCUT2D eigenvalue weighted by Crippen LogP contribution is -2.34. The average molecular weight is 343 g/mol. The third kappa shape index (κ3) is 4.22. The number of carbonyl (C=O) groups is 1. The minimum Gasteiger partial charge on any atom is -0.446 e. The molecule has 2 aromatic rings. The lowest BCUT2D eigenvalue weighted by atomic mass is 9.93. The molecule has 1 heterocycles. The zero-order valence-electron chi connectivity index (χ0n) is 15.5. The Morgan fingerprint density at radius 2 is 1.96 bits per heavy atom. The molecule has 1 N–H and O–H groups in total. The normalized spacial score (nSPS) is 21.0. The van der Waals surface area contributed by atoms with Crippen LogP contribution in [0.4, 0.5) is 4.79 Å². The number of nitrogens with one attached hydrogen (secondary N) is 1. The fourth-order valence-corrected chi connectivity index (χ4v) is 3.61. The lowest BCUT2D eigenvalue weighted by Gasteiger charge is -2.28. The van der Waals surface area contributed by atoms with Gasteiger partial charge in [-0.3, -0.25) is 4.57 Å². The predicted octanol–water partition coefficient (Wildman–Crippen LogP) is 3.26. The maximum absolute atomic E-state index is 12.7. The van der Waals surface area contributed by atoms with Crippen LogP contribution >= 0.6 is 0 Å². The minimum absolute atomic E-state index is 0.0310. The summed E-state index contributed by atoms with van der Waals surface area (Å²) in [6.07, 6.45) is 6.65. The van der Waals surface area contributed by atoms with Gasteiger partial charge in [0.15, 0.2) is 0 Å². The second kappa shape index (κ2) is 8.02. The summed E-state index contributed by atoms with van der Waals surface area (Å²) >= 11 is 0. The van der Waals surface area contributed by atoms with Crippen molar-refractivity contribution in [2.75, 3.05) is 27.7 Å². The van der Waals surface area contributed by atoms with E-state index in [0.29, 0.717) is 6.04 Å². The van der Waals surface area contributed by atoms with Crippen molar-refractivity contribution in [2.45, 2.75) is 44.2 Å². The van der Waals surface area contributed by atoms with E-state index in [9.17, 15) is 4.79 Å². The molecule has 0 aliphatic heterocycles. The van der Waals surface area contributed by atoms with Gasteiger partial charge in [-0.25, -0.2) is 4.79 Å². The summed E-state index contributed by atoms with van der Waals surface area (Å²) in [7, 11) is 6.13. The highest BCUT2D eigenvalue weighted by Gasteiger charge is 2.24. The Balaban J connectivity index is 1.75. The van der Waals surface area contributed by atoms with Crippen LogP contribution in [0.15, 0.2) is 30.5 Å². The fourth-order valence-electron chi connectivity index (χ4n) is 3.61. The SMILES string of the molecule is CNC1CCC(OC(=O)n2cc(CCN(C)C)c3ccccc32)CC1. The quantitative estimate of drug-likeness (QED) is 0.905. The van der Waals surface area contributed by atoms with Crippen molar-refractivity contribution in [3.63, 3.8) is 0 Å². The zero-order valence-corrected chi connectivity index (χ0v) is 15.5. The molecule has 1 saturated carbocycles. The molecule has 0 atom stereocenters. The van der Waals surface area contributed by atoms with Gasteiger partial charge in [0, 0.05) is 24.2 Å². The van der Waals surface area contributed by atoms with Crippen LogP contribution in [0.1, 0.15) is 31.2 Å². The van der Waals surface area contributed by atoms with Gasteiger partial charge in [0.25, 0.3) is 0 Å². The number of para-hydroxylation sites is 1. The molecule has 0 amide bonds. The molecule has 1 fully saturated rings. The van der Waals surface area contributed by atoms with Crippen molar-refractivity contribution in [1.29, 1.82) is 0 Å². The van der Waals surface area contributed by atoms with E-state index in [1.807, 2.05) is 31.4 Å². The first-order valence-electron chi connectivity index (χ1n) is 9.20. The summed E-state index contributed by atoms with van der Waals surface area (Å²) in [4.78, 5) is 14.9. The smallest absolute Gasteiger partial charge is 0.418 e. The molecule has 5 heteroatoms. The van der Waals surface area contributed by atoms with Crippen LogP contribution in [-0.2, 0) is 11.2 Å². The number of aromatic nitrogens is 1. The van der Waals surface area contributed by atoms with Crippen molar-refractivity contribution in [1.82, 2.24) is 14.8 Å². The van der Waals surface area contributed by atoms with Gasteiger partial charge in [-0.1, -0.05) is 18.2 Å². The van der Waals surface area contributed by atoms with Gasteiger partial charge in [-0.15, -0.1) is 0 Å². The second-order valence-corrected chi connectivity index (χ2v) is 7.24. The number of rotatable bonds is 5. The number of hydrogen-bond acceptors (Lipinski definition) is 4. The molecule has 5 nitrogen and oxygen atoms in total. The summed E-state index contributed by atoms with van der Waals surface area (Å²) < 4.78 is 7.49. The highest BCUT2D eigenvalue weighted by molar-refractivity contribution is 5.92. The van der Waals surface area contributed by atoms with E-state index in [-0.39, 0.29) is 12.2 Å². The summed E-state index contributed by atoms with van der Waals surface area (Å²) in [5, 5.41) is 4.45. The highest BCUT2D eigenvalue weighted by Crippen LogP contribution is 2.25. The number of fused-ring (bicyclic) bond motifs is 1. The Bertz CT molecular complexity index is 715.